The molecule has 6 nitrogen and oxygen atoms in total. The highest BCUT2D eigenvalue weighted by Gasteiger charge is 2.34. The Morgan fingerprint density at radius 3 is 2.59 bits per heavy atom. The minimum Gasteiger partial charge on any atom is -0.337 e. The van der Waals surface area contributed by atoms with Crippen molar-refractivity contribution in [3.8, 4) is 0 Å². The number of hydrogen-bond acceptors (Lipinski definition) is 5. The van der Waals surface area contributed by atoms with Gasteiger partial charge in [0.2, 0.25) is 5.91 Å². The zero-order valence-corrected chi connectivity index (χ0v) is 24.0. The molecular weight excluding hydrogens is 482 g/mol. The van der Waals surface area contributed by atoms with E-state index in [2.05, 4.69) is 84.4 Å². The maximum atomic E-state index is 13.6. The Kier molecular flexibility index (Phi) is 10.5. The number of carbonyl (C=O) groups is 1. The van der Waals surface area contributed by atoms with Crippen LogP contribution in [0.3, 0.4) is 0 Å². The van der Waals surface area contributed by atoms with Crippen LogP contribution < -0.4 is 16.8 Å². The molecule has 5 N–H and O–H groups in total. The molecule has 0 radical (unpaired) electrons. The van der Waals surface area contributed by atoms with E-state index in [-0.39, 0.29) is 18.0 Å². The summed E-state index contributed by atoms with van der Waals surface area (Å²) < 4.78 is 0. The molecule has 0 spiro atoms. The van der Waals surface area contributed by atoms with E-state index in [1.165, 1.54) is 27.5 Å². The van der Waals surface area contributed by atoms with Crippen molar-refractivity contribution in [1.82, 2.24) is 15.1 Å². The second-order valence-corrected chi connectivity index (χ2v) is 11.4. The summed E-state index contributed by atoms with van der Waals surface area (Å²) in [6.45, 7) is 11.4. The van der Waals surface area contributed by atoms with Gasteiger partial charge in [-0.2, -0.15) is 0 Å². The van der Waals surface area contributed by atoms with Gasteiger partial charge in [-0.05, 0) is 74.0 Å². The van der Waals surface area contributed by atoms with Crippen LogP contribution in [-0.4, -0.2) is 73.1 Å². The lowest BCUT2D eigenvalue weighted by molar-refractivity contribution is -0.136. The van der Waals surface area contributed by atoms with Gasteiger partial charge in [0.15, 0.2) is 0 Å². The SMILES string of the molecule is Cc1ccc(C[C@H](N)CN2C[C@@H](C)N(C(=O)Cc3ccc4ccccc4c3)C[C@@H]2CCCNCCN)c(C)c1. The topological polar surface area (TPSA) is 87.6 Å². The Bertz CT molecular complexity index is 1230. The molecule has 0 aliphatic carbocycles. The van der Waals surface area contributed by atoms with Gasteiger partial charge in [0, 0.05) is 50.8 Å². The highest BCUT2D eigenvalue weighted by atomic mass is 16.2. The van der Waals surface area contributed by atoms with Crippen LogP contribution in [0.5, 0.6) is 0 Å². The summed E-state index contributed by atoms with van der Waals surface area (Å²) >= 11 is 0. The van der Waals surface area contributed by atoms with Crippen molar-refractivity contribution in [2.75, 3.05) is 39.3 Å². The van der Waals surface area contributed by atoms with Crippen LogP contribution in [0.2, 0.25) is 0 Å². The minimum atomic E-state index is 0.0522. The lowest BCUT2D eigenvalue weighted by atomic mass is 9.97. The third-order valence-electron chi connectivity index (χ3n) is 8.11. The van der Waals surface area contributed by atoms with Gasteiger partial charge in [-0.3, -0.25) is 9.69 Å². The molecule has 1 saturated heterocycles. The predicted octanol–water partition coefficient (Wildman–Crippen LogP) is 3.80. The van der Waals surface area contributed by atoms with Crippen molar-refractivity contribution in [3.63, 3.8) is 0 Å². The summed E-state index contributed by atoms with van der Waals surface area (Å²) in [4.78, 5) is 18.2. The van der Waals surface area contributed by atoms with E-state index in [1.54, 1.807) is 0 Å². The van der Waals surface area contributed by atoms with Crippen molar-refractivity contribution >= 4 is 16.7 Å². The molecule has 3 atom stereocenters. The fourth-order valence-electron chi connectivity index (χ4n) is 5.99. The Morgan fingerprint density at radius 2 is 1.82 bits per heavy atom. The summed E-state index contributed by atoms with van der Waals surface area (Å²) in [7, 11) is 0. The van der Waals surface area contributed by atoms with Gasteiger partial charge < -0.3 is 21.7 Å². The quantitative estimate of drug-likeness (QED) is 0.311. The number of nitrogens with two attached hydrogens (primary N) is 2. The van der Waals surface area contributed by atoms with E-state index in [4.69, 9.17) is 11.5 Å². The van der Waals surface area contributed by atoms with Crippen molar-refractivity contribution in [1.29, 1.82) is 0 Å². The normalized spacial score (nSPS) is 18.9. The van der Waals surface area contributed by atoms with Gasteiger partial charge in [0.25, 0.3) is 0 Å². The molecule has 39 heavy (non-hydrogen) atoms. The largest absolute Gasteiger partial charge is 0.337 e. The van der Waals surface area contributed by atoms with Crippen molar-refractivity contribution < 1.29 is 4.79 Å². The van der Waals surface area contributed by atoms with Gasteiger partial charge in [0.05, 0.1) is 6.42 Å². The summed E-state index contributed by atoms with van der Waals surface area (Å²) in [6, 6.07) is 21.8. The Morgan fingerprint density at radius 1 is 1.03 bits per heavy atom. The molecule has 1 aliphatic rings. The first kappa shape index (κ1) is 29.2. The highest BCUT2D eigenvalue weighted by molar-refractivity contribution is 5.85. The van der Waals surface area contributed by atoms with Crippen molar-refractivity contribution in [3.05, 3.63) is 82.9 Å². The first-order valence-corrected chi connectivity index (χ1v) is 14.6. The van der Waals surface area contributed by atoms with E-state index in [1.807, 2.05) is 12.1 Å². The summed E-state index contributed by atoms with van der Waals surface area (Å²) in [5.41, 5.74) is 17.4. The standard InChI is InChI=1S/C33H47N5O/c1-24-10-12-29(25(2)17-24)20-31(35)22-37-21-26(3)38(23-32(37)9-6-15-36-16-14-34)33(39)19-27-11-13-28-7-4-5-8-30(28)18-27/h4-5,7-8,10-13,17-18,26,31-32,36H,6,9,14-16,19-23,34-35H2,1-3H3/t26-,31+,32+/m1/s1. The third-order valence-corrected chi connectivity index (χ3v) is 8.11. The van der Waals surface area contributed by atoms with Crippen LogP contribution in [-0.2, 0) is 17.6 Å². The Balaban J connectivity index is 1.42. The first-order valence-electron chi connectivity index (χ1n) is 14.6. The number of fused-ring (bicyclic) bond motifs is 1. The number of amides is 1. The summed E-state index contributed by atoms with van der Waals surface area (Å²) in [5, 5.41) is 5.80. The third kappa shape index (κ3) is 8.12. The number of carbonyl (C=O) groups excluding carboxylic acids is 1. The van der Waals surface area contributed by atoms with Crippen LogP contribution >= 0.6 is 0 Å². The van der Waals surface area contributed by atoms with Crippen LogP contribution in [0, 0.1) is 13.8 Å². The van der Waals surface area contributed by atoms with E-state index < -0.39 is 0 Å². The van der Waals surface area contributed by atoms with Gasteiger partial charge in [-0.1, -0.05) is 66.2 Å². The first-order chi connectivity index (χ1) is 18.8. The van der Waals surface area contributed by atoms with E-state index >= 15 is 0 Å². The lowest BCUT2D eigenvalue weighted by Crippen LogP contribution is -2.61. The molecule has 0 bridgehead atoms. The molecule has 1 aliphatic heterocycles. The maximum absolute atomic E-state index is 13.6. The number of aryl methyl sites for hydroxylation is 2. The minimum absolute atomic E-state index is 0.0522. The predicted molar refractivity (Wildman–Crippen MR) is 163 cm³/mol. The van der Waals surface area contributed by atoms with Crippen LogP contribution in [0.4, 0.5) is 0 Å². The molecule has 1 fully saturated rings. The van der Waals surface area contributed by atoms with E-state index in [9.17, 15) is 4.79 Å². The van der Waals surface area contributed by atoms with Gasteiger partial charge >= 0.3 is 0 Å². The van der Waals surface area contributed by atoms with Gasteiger partial charge in [0.1, 0.15) is 0 Å². The molecule has 6 heteroatoms. The summed E-state index contributed by atoms with van der Waals surface area (Å²) in [5.74, 6) is 0.211. The number of benzene rings is 3. The van der Waals surface area contributed by atoms with Crippen LogP contribution in [0.1, 0.15) is 42.0 Å². The average Bonchev–Trinajstić information content (AvgIpc) is 2.91. The number of nitrogens with one attached hydrogen (secondary N) is 1. The number of nitrogens with zero attached hydrogens (tertiary/aromatic N) is 2. The molecule has 3 aromatic carbocycles. The monoisotopic (exact) mass is 529 g/mol. The molecule has 0 aromatic heterocycles. The molecule has 0 saturated carbocycles. The zero-order valence-electron chi connectivity index (χ0n) is 24.0. The van der Waals surface area contributed by atoms with Crippen molar-refractivity contribution in [2.45, 2.75) is 64.6 Å². The lowest BCUT2D eigenvalue weighted by Gasteiger charge is -2.46. The van der Waals surface area contributed by atoms with E-state index in [0.717, 1.165) is 57.5 Å². The molecule has 0 unspecified atom stereocenters. The van der Waals surface area contributed by atoms with Crippen LogP contribution in [0.15, 0.2) is 60.7 Å². The van der Waals surface area contributed by atoms with Crippen LogP contribution in [0.25, 0.3) is 10.8 Å². The van der Waals surface area contributed by atoms with Crippen molar-refractivity contribution in [2.24, 2.45) is 11.5 Å². The molecule has 1 heterocycles. The fourth-order valence-corrected chi connectivity index (χ4v) is 5.99. The van der Waals surface area contributed by atoms with E-state index in [0.29, 0.717) is 19.0 Å². The number of piperazine rings is 1. The fraction of sp³-hybridized carbons (Fsp3) is 0.485. The Labute approximate surface area is 234 Å². The second-order valence-electron chi connectivity index (χ2n) is 11.4. The number of hydrogen-bond donors (Lipinski definition) is 3. The highest BCUT2D eigenvalue weighted by Crippen LogP contribution is 2.23. The molecule has 1 amide bonds. The Hall–Kier alpha value is -2.77. The van der Waals surface area contributed by atoms with Gasteiger partial charge in [-0.25, -0.2) is 0 Å². The average molecular weight is 530 g/mol. The molecule has 3 aromatic rings. The maximum Gasteiger partial charge on any atom is 0.227 e. The molecule has 210 valence electrons. The summed E-state index contributed by atoms with van der Waals surface area (Å²) in [6.07, 6.45) is 3.38. The zero-order chi connectivity index (χ0) is 27.8. The molecular formula is C33H47N5O. The molecule has 4 rings (SSSR count). The second kappa shape index (κ2) is 14.0. The number of rotatable bonds is 12. The van der Waals surface area contributed by atoms with Gasteiger partial charge in [-0.15, -0.1) is 0 Å². The smallest absolute Gasteiger partial charge is 0.227 e.